The molecule has 0 unspecified atom stereocenters. The maximum absolute atomic E-state index is 11.0. The molecule has 2 heterocycles. The van der Waals surface area contributed by atoms with Gasteiger partial charge in [-0.1, -0.05) is 24.3 Å². The van der Waals surface area contributed by atoms with Gasteiger partial charge >= 0.3 is 5.97 Å². The standard InChI is InChI=1S/C19H25N3O2/c1-2-22-14-18(12-20-22)15-7-9-21(10-8-15)13-17-6-4-3-5-16(17)11-19(23)24/h3-6,12,14-15H,2,7-11,13H2,1H3,(H,23,24). The molecular formula is C19H25N3O2. The number of carboxylic acids is 1. The number of likely N-dealkylation sites (tertiary alicyclic amines) is 1. The third kappa shape index (κ3) is 4.03. The second-order valence-corrected chi connectivity index (χ2v) is 6.52. The molecule has 1 saturated heterocycles. The average Bonchev–Trinajstić information content (AvgIpc) is 3.06. The number of aliphatic carboxylic acids is 1. The Balaban J connectivity index is 1.58. The summed E-state index contributed by atoms with van der Waals surface area (Å²) in [7, 11) is 0. The summed E-state index contributed by atoms with van der Waals surface area (Å²) >= 11 is 0. The summed E-state index contributed by atoms with van der Waals surface area (Å²) in [5, 5.41) is 13.4. The van der Waals surface area contributed by atoms with Crippen LogP contribution in [0.5, 0.6) is 0 Å². The lowest BCUT2D eigenvalue weighted by Gasteiger charge is -2.32. The van der Waals surface area contributed by atoms with Crippen molar-refractivity contribution in [3.05, 3.63) is 53.3 Å². The zero-order valence-electron chi connectivity index (χ0n) is 14.2. The number of nitrogens with zero attached hydrogens (tertiary/aromatic N) is 3. The highest BCUT2D eigenvalue weighted by molar-refractivity contribution is 5.70. The molecule has 128 valence electrons. The molecule has 1 aliphatic heterocycles. The van der Waals surface area contributed by atoms with Crippen LogP contribution in [-0.2, 0) is 24.3 Å². The van der Waals surface area contributed by atoms with Crippen molar-refractivity contribution in [2.45, 2.75) is 45.2 Å². The number of piperidine rings is 1. The van der Waals surface area contributed by atoms with Crippen molar-refractivity contribution in [2.75, 3.05) is 13.1 Å². The van der Waals surface area contributed by atoms with Crippen LogP contribution in [0.3, 0.4) is 0 Å². The highest BCUT2D eigenvalue weighted by atomic mass is 16.4. The molecule has 0 saturated carbocycles. The Kier molecular flexibility index (Phi) is 5.30. The quantitative estimate of drug-likeness (QED) is 0.886. The number of benzene rings is 1. The van der Waals surface area contributed by atoms with Gasteiger partial charge in [0, 0.05) is 19.3 Å². The van der Waals surface area contributed by atoms with Crippen LogP contribution in [-0.4, -0.2) is 38.8 Å². The number of hydrogen-bond acceptors (Lipinski definition) is 3. The van der Waals surface area contributed by atoms with Crippen molar-refractivity contribution in [3.63, 3.8) is 0 Å². The van der Waals surface area contributed by atoms with Crippen molar-refractivity contribution >= 4 is 5.97 Å². The normalized spacial score (nSPS) is 16.4. The van der Waals surface area contributed by atoms with Crippen LogP contribution in [0.15, 0.2) is 36.7 Å². The lowest BCUT2D eigenvalue weighted by atomic mass is 9.91. The molecule has 5 heteroatoms. The van der Waals surface area contributed by atoms with Gasteiger partial charge in [-0.2, -0.15) is 5.10 Å². The summed E-state index contributed by atoms with van der Waals surface area (Å²) in [6.45, 7) is 5.95. The van der Waals surface area contributed by atoms with Crippen molar-refractivity contribution in [1.82, 2.24) is 14.7 Å². The summed E-state index contributed by atoms with van der Waals surface area (Å²) in [5.74, 6) is -0.176. The summed E-state index contributed by atoms with van der Waals surface area (Å²) in [6, 6.07) is 7.89. The van der Waals surface area contributed by atoms with Gasteiger partial charge < -0.3 is 5.11 Å². The summed E-state index contributed by atoms with van der Waals surface area (Å²) < 4.78 is 1.99. The molecule has 1 N–H and O–H groups in total. The van der Waals surface area contributed by atoms with Crippen LogP contribution in [0.1, 0.15) is 42.4 Å². The molecule has 0 aliphatic carbocycles. The lowest BCUT2D eigenvalue weighted by Crippen LogP contribution is -2.32. The molecule has 0 atom stereocenters. The van der Waals surface area contributed by atoms with Gasteiger partial charge in [0.15, 0.2) is 0 Å². The largest absolute Gasteiger partial charge is 0.481 e. The molecule has 1 aliphatic rings. The fourth-order valence-corrected chi connectivity index (χ4v) is 3.48. The molecule has 0 amide bonds. The van der Waals surface area contributed by atoms with E-state index in [2.05, 4.69) is 29.2 Å². The van der Waals surface area contributed by atoms with Gasteiger partial charge in [-0.25, -0.2) is 0 Å². The average molecular weight is 327 g/mol. The Hall–Kier alpha value is -2.14. The summed E-state index contributed by atoms with van der Waals surface area (Å²) in [4.78, 5) is 13.5. The zero-order chi connectivity index (χ0) is 16.9. The predicted molar refractivity (Wildman–Crippen MR) is 92.9 cm³/mol. The van der Waals surface area contributed by atoms with Crippen molar-refractivity contribution in [1.29, 1.82) is 0 Å². The molecule has 1 aromatic carbocycles. The van der Waals surface area contributed by atoms with Crippen LogP contribution in [0.4, 0.5) is 0 Å². The number of carbonyl (C=O) groups is 1. The second kappa shape index (κ2) is 7.62. The first-order valence-electron chi connectivity index (χ1n) is 8.69. The Morgan fingerprint density at radius 1 is 1.25 bits per heavy atom. The number of aromatic nitrogens is 2. The van der Waals surface area contributed by atoms with E-state index in [1.165, 1.54) is 5.56 Å². The highest BCUT2D eigenvalue weighted by Gasteiger charge is 2.22. The smallest absolute Gasteiger partial charge is 0.307 e. The van der Waals surface area contributed by atoms with E-state index in [9.17, 15) is 4.79 Å². The number of rotatable bonds is 6. The van der Waals surface area contributed by atoms with Gasteiger partial charge in [-0.05, 0) is 55.5 Å². The maximum atomic E-state index is 11.0. The minimum atomic E-state index is -0.769. The van der Waals surface area contributed by atoms with Crippen LogP contribution in [0, 0.1) is 0 Å². The summed E-state index contributed by atoms with van der Waals surface area (Å²) in [5.41, 5.74) is 3.41. The molecule has 0 radical (unpaired) electrons. The Bertz CT molecular complexity index is 687. The molecule has 24 heavy (non-hydrogen) atoms. The zero-order valence-corrected chi connectivity index (χ0v) is 14.2. The van der Waals surface area contributed by atoms with Crippen LogP contribution < -0.4 is 0 Å². The molecule has 5 nitrogen and oxygen atoms in total. The van der Waals surface area contributed by atoms with Gasteiger partial charge in [-0.15, -0.1) is 0 Å². The fraction of sp³-hybridized carbons (Fsp3) is 0.474. The van der Waals surface area contributed by atoms with E-state index >= 15 is 0 Å². The molecule has 1 fully saturated rings. The topological polar surface area (TPSA) is 58.4 Å². The predicted octanol–water partition coefficient (Wildman–Crippen LogP) is 2.91. The lowest BCUT2D eigenvalue weighted by molar-refractivity contribution is -0.136. The van der Waals surface area contributed by atoms with E-state index in [-0.39, 0.29) is 6.42 Å². The van der Waals surface area contributed by atoms with Crippen LogP contribution in [0.2, 0.25) is 0 Å². The molecule has 2 aromatic rings. The third-order valence-corrected chi connectivity index (χ3v) is 4.89. The molecule has 3 rings (SSSR count). The minimum absolute atomic E-state index is 0.100. The maximum Gasteiger partial charge on any atom is 0.307 e. The molecular weight excluding hydrogens is 302 g/mol. The first-order chi connectivity index (χ1) is 11.7. The monoisotopic (exact) mass is 327 g/mol. The van der Waals surface area contributed by atoms with Gasteiger partial charge in [0.05, 0.1) is 12.6 Å². The summed E-state index contributed by atoms with van der Waals surface area (Å²) in [6.07, 6.45) is 6.55. The number of aryl methyl sites for hydroxylation is 1. The number of carboxylic acid groups (broad SMARTS) is 1. The van der Waals surface area contributed by atoms with Gasteiger partial charge in [0.25, 0.3) is 0 Å². The van der Waals surface area contributed by atoms with E-state index in [0.29, 0.717) is 5.92 Å². The van der Waals surface area contributed by atoms with Gasteiger partial charge in [0.1, 0.15) is 0 Å². The van der Waals surface area contributed by atoms with Crippen molar-refractivity contribution in [2.24, 2.45) is 0 Å². The van der Waals surface area contributed by atoms with Gasteiger partial charge in [-0.3, -0.25) is 14.4 Å². The first-order valence-corrected chi connectivity index (χ1v) is 8.69. The molecule has 0 bridgehead atoms. The fourth-order valence-electron chi connectivity index (χ4n) is 3.48. The van der Waals surface area contributed by atoms with E-state index in [1.54, 1.807) is 0 Å². The van der Waals surface area contributed by atoms with E-state index in [0.717, 1.165) is 50.1 Å². The van der Waals surface area contributed by atoms with Crippen LogP contribution in [0.25, 0.3) is 0 Å². The van der Waals surface area contributed by atoms with E-state index in [1.807, 2.05) is 29.1 Å². The highest BCUT2D eigenvalue weighted by Crippen LogP contribution is 2.28. The Morgan fingerprint density at radius 3 is 2.58 bits per heavy atom. The van der Waals surface area contributed by atoms with E-state index in [4.69, 9.17) is 5.11 Å². The Labute approximate surface area is 142 Å². The SMILES string of the molecule is CCn1cc(C2CCN(Cc3ccccc3CC(=O)O)CC2)cn1. The van der Waals surface area contributed by atoms with Crippen molar-refractivity contribution < 1.29 is 9.90 Å². The minimum Gasteiger partial charge on any atom is -0.481 e. The second-order valence-electron chi connectivity index (χ2n) is 6.52. The number of hydrogen-bond donors (Lipinski definition) is 1. The van der Waals surface area contributed by atoms with Crippen LogP contribution >= 0.6 is 0 Å². The molecule has 1 aromatic heterocycles. The van der Waals surface area contributed by atoms with Crippen molar-refractivity contribution in [3.8, 4) is 0 Å². The Morgan fingerprint density at radius 2 is 1.96 bits per heavy atom. The van der Waals surface area contributed by atoms with Gasteiger partial charge in [0.2, 0.25) is 0 Å². The van der Waals surface area contributed by atoms with E-state index < -0.39 is 5.97 Å². The third-order valence-electron chi connectivity index (χ3n) is 4.89. The first kappa shape index (κ1) is 16.7. The molecule has 0 spiro atoms.